The largest absolute Gasteiger partial charge is 0.369 e. The van der Waals surface area contributed by atoms with E-state index in [1.165, 1.54) is 0 Å². The van der Waals surface area contributed by atoms with Crippen molar-refractivity contribution in [2.45, 2.75) is 19.4 Å². The zero-order chi connectivity index (χ0) is 9.26. The van der Waals surface area contributed by atoms with Gasteiger partial charge < -0.3 is 10.6 Å². The van der Waals surface area contributed by atoms with Crippen molar-refractivity contribution >= 4 is 5.69 Å². The summed E-state index contributed by atoms with van der Waals surface area (Å²) in [6, 6.07) is 2.36. The zero-order valence-corrected chi connectivity index (χ0v) is 7.77. The second-order valence-electron chi connectivity index (χ2n) is 3.55. The van der Waals surface area contributed by atoms with Gasteiger partial charge in [0.1, 0.15) is 0 Å². The molecule has 1 saturated heterocycles. The molecule has 1 aromatic rings. The topological polar surface area (TPSA) is 55.0 Å². The van der Waals surface area contributed by atoms with Gasteiger partial charge in [0.25, 0.3) is 0 Å². The molecule has 0 aromatic carbocycles. The van der Waals surface area contributed by atoms with Gasteiger partial charge in [-0.15, -0.1) is 0 Å². The van der Waals surface area contributed by atoms with Crippen LogP contribution in [0.2, 0.25) is 0 Å². The second kappa shape index (κ2) is 3.30. The molecular weight excluding hydrogens is 164 g/mol. The molecule has 0 amide bonds. The second-order valence-corrected chi connectivity index (χ2v) is 3.55. The third kappa shape index (κ3) is 1.78. The lowest BCUT2D eigenvalue weighted by Crippen LogP contribution is -2.26. The molecule has 2 heterocycles. The van der Waals surface area contributed by atoms with Crippen LogP contribution in [-0.4, -0.2) is 29.3 Å². The van der Waals surface area contributed by atoms with E-state index in [-0.39, 0.29) is 0 Å². The summed E-state index contributed by atoms with van der Waals surface area (Å²) < 4.78 is 0. The van der Waals surface area contributed by atoms with Crippen molar-refractivity contribution in [3.05, 3.63) is 18.0 Å². The zero-order valence-electron chi connectivity index (χ0n) is 7.77. The molecule has 13 heavy (non-hydrogen) atoms. The molecule has 0 aliphatic carbocycles. The summed E-state index contributed by atoms with van der Waals surface area (Å²) in [6.07, 6.45) is 2.87. The van der Waals surface area contributed by atoms with Crippen LogP contribution in [0.4, 0.5) is 5.69 Å². The number of hydrogen-bond acceptors (Lipinski definition) is 4. The third-order valence-corrected chi connectivity index (χ3v) is 2.35. The van der Waals surface area contributed by atoms with E-state index >= 15 is 0 Å². The fourth-order valence-corrected chi connectivity index (χ4v) is 1.65. The van der Waals surface area contributed by atoms with Crippen LogP contribution in [-0.2, 0) is 0 Å². The van der Waals surface area contributed by atoms with E-state index in [2.05, 4.69) is 15.1 Å². The molecule has 4 heteroatoms. The van der Waals surface area contributed by atoms with Crippen LogP contribution in [0, 0.1) is 6.92 Å². The summed E-state index contributed by atoms with van der Waals surface area (Å²) in [5.41, 5.74) is 7.92. The van der Waals surface area contributed by atoms with Crippen LogP contribution in [0.15, 0.2) is 12.3 Å². The number of hydrogen-bond donors (Lipinski definition) is 1. The standard InChI is InChI=1S/C9H14N4/c1-7-4-9(5-11-12-7)13-3-2-8(10)6-13/h4-5,8H,2-3,6,10H2,1H3. The number of rotatable bonds is 1. The molecule has 1 aliphatic rings. The first kappa shape index (κ1) is 8.44. The highest BCUT2D eigenvalue weighted by molar-refractivity contribution is 5.45. The Bertz CT molecular complexity index is 299. The highest BCUT2D eigenvalue weighted by Gasteiger charge is 2.19. The highest BCUT2D eigenvalue weighted by Crippen LogP contribution is 2.18. The Morgan fingerprint density at radius 3 is 3.08 bits per heavy atom. The molecule has 2 N–H and O–H groups in total. The van der Waals surface area contributed by atoms with Gasteiger partial charge in [0.15, 0.2) is 0 Å². The van der Waals surface area contributed by atoms with Crippen LogP contribution in [0.3, 0.4) is 0 Å². The van der Waals surface area contributed by atoms with E-state index in [0.29, 0.717) is 6.04 Å². The van der Waals surface area contributed by atoms with Crippen molar-refractivity contribution in [3.63, 3.8) is 0 Å². The van der Waals surface area contributed by atoms with Gasteiger partial charge in [-0.25, -0.2) is 0 Å². The van der Waals surface area contributed by atoms with E-state index in [1.54, 1.807) is 6.20 Å². The average Bonchev–Trinajstić information content (AvgIpc) is 2.52. The predicted molar refractivity (Wildman–Crippen MR) is 51.6 cm³/mol. The van der Waals surface area contributed by atoms with Crippen molar-refractivity contribution in [3.8, 4) is 0 Å². The lowest BCUT2D eigenvalue weighted by Gasteiger charge is -2.17. The number of nitrogens with two attached hydrogens (primary N) is 1. The number of aromatic nitrogens is 2. The molecule has 1 aromatic heterocycles. The maximum Gasteiger partial charge on any atom is 0.0730 e. The van der Waals surface area contributed by atoms with Gasteiger partial charge in [0, 0.05) is 19.1 Å². The first-order valence-corrected chi connectivity index (χ1v) is 4.55. The van der Waals surface area contributed by atoms with Gasteiger partial charge in [0.05, 0.1) is 17.6 Å². The lowest BCUT2D eigenvalue weighted by atomic mass is 10.3. The Morgan fingerprint density at radius 2 is 2.46 bits per heavy atom. The lowest BCUT2D eigenvalue weighted by molar-refractivity contribution is 0.752. The summed E-state index contributed by atoms with van der Waals surface area (Å²) in [5, 5.41) is 7.84. The molecule has 2 rings (SSSR count). The van der Waals surface area contributed by atoms with Crippen molar-refractivity contribution in [1.82, 2.24) is 10.2 Å². The van der Waals surface area contributed by atoms with Crippen LogP contribution in [0.5, 0.6) is 0 Å². The smallest absolute Gasteiger partial charge is 0.0730 e. The molecule has 1 fully saturated rings. The van der Waals surface area contributed by atoms with E-state index < -0.39 is 0 Å². The number of nitrogens with zero attached hydrogens (tertiary/aromatic N) is 3. The minimum absolute atomic E-state index is 0.313. The Kier molecular flexibility index (Phi) is 2.14. The van der Waals surface area contributed by atoms with Crippen LogP contribution in [0.25, 0.3) is 0 Å². The van der Waals surface area contributed by atoms with Gasteiger partial charge in [-0.1, -0.05) is 0 Å². The van der Waals surface area contributed by atoms with Crippen molar-refractivity contribution in [2.24, 2.45) is 5.73 Å². The summed E-state index contributed by atoms with van der Waals surface area (Å²) in [6.45, 7) is 3.92. The van der Waals surface area contributed by atoms with Crippen molar-refractivity contribution in [2.75, 3.05) is 18.0 Å². The Balaban J connectivity index is 2.16. The number of aryl methyl sites for hydroxylation is 1. The summed E-state index contributed by atoms with van der Waals surface area (Å²) in [5.74, 6) is 0. The maximum absolute atomic E-state index is 5.82. The molecule has 0 saturated carbocycles. The maximum atomic E-state index is 5.82. The first-order chi connectivity index (χ1) is 6.25. The fourth-order valence-electron chi connectivity index (χ4n) is 1.65. The van der Waals surface area contributed by atoms with E-state index in [1.807, 2.05) is 13.0 Å². The monoisotopic (exact) mass is 178 g/mol. The SMILES string of the molecule is Cc1cc(N2CCC(N)C2)cnn1. The summed E-state index contributed by atoms with van der Waals surface area (Å²) >= 11 is 0. The van der Waals surface area contributed by atoms with Gasteiger partial charge in [0.2, 0.25) is 0 Å². The Labute approximate surface area is 77.8 Å². The first-order valence-electron chi connectivity index (χ1n) is 4.55. The normalized spacial score (nSPS) is 22.3. The molecule has 0 radical (unpaired) electrons. The van der Waals surface area contributed by atoms with Gasteiger partial charge in [-0.2, -0.15) is 10.2 Å². The minimum atomic E-state index is 0.313. The van der Waals surface area contributed by atoms with E-state index in [0.717, 1.165) is 30.9 Å². The Morgan fingerprint density at radius 1 is 1.62 bits per heavy atom. The molecule has 1 atom stereocenters. The molecule has 1 aliphatic heterocycles. The molecule has 0 bridgehead atoms. The summed E-state index contributed by atoms with van der Waals surface area (Å²) in [7, 11) is 0. The van der Waals surface area contributed by atoms with Crippen LogP contribution >= 0.6 is 0 Å². The van der Waals surface area contributed by atoms with Crippen LogP contribution in [0.1, 0.15) is 12.1 Å². The van der Waals surface area contributed by atoms with Gasteiger partial charge in [-0.3, -0.25) is 0 Å². The minimum Gasteiger partial charge on any atom is -0.369 e. The molecule has 0 spiro atoms. The summed E-state index contributed by atoms with van der Waals surface area (Å²) in [4.78, 5) is 2.26. The molecule has 4 nitrogen and oxygen atoms in total. The number of anilines is 1. The Hall–Kier alpha value is -1.16. The van der Waals surface area contributed by atoms with Crippen LogP contribution < -0.4 is 10.6 Å². The molecule has 1 unspecified atom stereocenters. The molecule has 70 valence electrons. The fraction of sp³-hybridized carbons (Fsp3) is 0.556. The van der Waals surface area contributed by atoms with Crippen molar-refractivity contribution in [1.29, 1.82) is 0 Å². The van der Waals surface area contributed by atoms with Gasteiger partial charge >= 0.3 is 0 Å². The third-order valence-electron chi connectivity index (χ3n) is 2.35. The van der Waals surface area contributed by atoms with E-state index in [9.17, 15) is 0 Å². The quantitative estimate of drug-likeness (QED) is 0.673. The molecular formula is C9H14N4. The predicted octanol–water partition coefficient (Wildman–Crippen LogP) is 0.322. The average molecular weight is 178 g/mol. The van der Waals surface area contributed by atoms with E-state index in [4.69, 9.17) is 5.73 Å². The van der Waals surface area contributed by atoms with Crippen molar-refractivity contribution < 1.29 is 0 Å². The van der Waals surface area contributed by atoms with Gasteiger partial charge in [-0.05, 0) is 19.4 Å². The highest BCUT2D eigenvalue weighted by atomic mass is 15.2.